The molecule has 2 rings (SSSR count). The van der Waals surface area contributed by atoms with Crippen molar-refractivity contribution in [2.24, 2.45) is 0 Å². The fraction of sp³-hybridized carbons (Fsp3) is 0.615. The zero-order chi connectivity index (χ0) is 11.1. The van der Waals surface area contributed by atoms with Crippen molar-refractivity contribution in [3.63, 3.8) is 0 Å². The van der Waals surface area contributed by atoms with E-state index in [2.05, 4.69) is 31.8 Å². The third kappa shape index (κ3) is 2.05. The Morgan fingerprint density at radius 2 is 2.07 bits per heavy atom. The van der Waals surface area contributed by atoms with Crippen LogP contribution >= 0.6 is 0 Å². The molecule has 0 aromatic carbocycles. The van der Waals surface area contributed by atoms with Gasteiger partial charge >= 0.3 is 0 Å². The van der Waals surface area contributed by atoms with Gasteiger partial charge in [-0.3, -0.25) is 4.98 Å². The van der Waals surface area contributed by atoms with Crippen LogP contribution in [0.15, 0.2) is 12.3 Å². The molecule has 0 amide bonds. The zero-order valence-corrected chi connectivity index (χ0v) is 9.75. The molecule has 0 atom stereocenters. The average Bonchev–Trinajstić information content (AvgIpc) is 2.98. The van der Waals surface area contributed by atoms with Gasteiger partial charge in [0.2, 0.25) is 0 Å². The van der Waals surface area contributed by atoms with Crippen molar-refractivity contribution >= 4 is 0 Å². The summed E-state index contributed by atoms with van der Waals surface area (Å²) in [4.78, 5) is 4.43. The molecule has 1 fully saturated rings. The molecule has 0 spiro atoms. The summed E-state index contributed by atoms with van der Waals surface area (Å²) in [6.45, 7) is 6.55. The second-order valence-electron chi connectivity index (χ2n) is 5.41. The highest BCUT2D eigenvalue weighted by molar-refractivity contribution is 5.37. The smallest absolute Gasteiger partial charge is 0.0702 e. The van der Waals surface area contributed by atoms with Gasteiger partial charge in [0.05, 0.1) is 12.3 Å². The number of aliphatic hydroxyl groups excluding tert-OH is 1. The summed E-state index contributed by atoms with van der Waals surface area (Å²) in [5.74, 6) is 0.677. The molecule has 1 heterocycles. The Morgan fingerprint density at radius 1 is 1.40 bits per heavy atom. The quantitative estimate of drug-likeness (QED) is 0.805. The van der Waals surface area contributed by atoms with Crippen molar-refractivity contribution in [3.05, 3.63) is 29.1 Å². The van der Waals surface area contributed by atoms with Gasteiger partial charge in [0.15, 0.2) is 0 Å². The van der Waals surface area contributed by atoms with Gasteiger partial charge in [0.25, 0.3) is 0 Å². The fourth-order valence-electron chi connectivity index (χ4n) is 2.10. The summed E-state index contributed by atoms with van der Waals surface area (Å²) >= 11 is 0. The Balaban J connectivity index is 2.50. The lowest BCUT2D eigenvalue weighted by molar-refractivity contribution is 0.276. The first kappa shape index (κ1) is 10.6. The zero-order valence-electron chi connectivity index (χ0n) is 9.75. The first-order valence-corrected chi connectivity index (χ1v) is 5.63. The maximum absolute atomic E-state index is 9.50. The van der Waals surface area contributed by atoms with E-state index >= 15 is 0 Å². The molecule has 1 N–H and O–H groups in total. The Morgan fingerprint density at radius 3 is 2.53 bits per heavy atom. The first-order valence-electron chi connectivity index (χ1n) is 5.63. The molecule has 82 valence electrons. The number of aromatic nitrogens is 1. The van der Waals surface area contributed by atoms with Gasteiger partial charge in [-0.2, -0.15) is 0 Å². The molecular formula is C13H19NO. The van der Waals surface area contributed by atoms with Crippen LogP contribution < -0.4 is 0 Å². The van der Waals surface area contributed by atoms with E-state index in [1.807, 2.05) is 6.20 Å². The molecule has 2 heteroatoms. The van der Waals surface area contributed by atoms with E-state index in [0.29, 0.717) is 5.92 Å². The standard InChI is InChI=1S/C13H19NO/c1-13(2,3)12-11(8-15)10(6-7-14-12)9-4-5-9/h6-7,9,15H,4-5,8H2,1-3H3. The van der Waals surface area contributed by atoms with Crippen molar-refractivity contribution in [2.45, 2.75) is 51.6 Å². The number of aliphatic hydroxyl groups is 1. The van der Waals surface area contributed by atoms with Crippen molar-refractivity contribution in [1.82, 2.24) is 4.98 Å². The Bertz CT molecular complexity index is 361. The third-order valence-electron chi connectivity index (χ3n) is 2.98. The summed E-state index contributed by atoms with van der Waals surface area (Å²) in [5.41, 5.74) is 3.45. The number of hydrogen-bond donors (Lipinski definition) is 1. The monoisotopic (exact) mass is 205 g/mol. The van der Waals surface area contributed by atoms with E-state index in [1.165, 1.54) is 18.4 Å². The Labute approximate surface area is 91.4 Å². The third-order valence-corrected chi connectivity index (χ3v) is 2.98. The van der Waals surface area contributed by atoms with Crippen LogP contribution in [-0.2, 0) is 12.0 Å². The van der Waals surface area contributed by atoms with E-state index in [1.54, 1.807) is 0 Å². The van der Waals surface area contributed by atoms with E-state index < -0.39 is 0 Å². The maximum Gasteiger partial charge on any atom is 0.0702 e. The van der Waals surface area contributed by atoms with E-state index in [-0.39, 0.29) is 12.0 Å². The van der Waals surface area contributed by atoms with E-state index in [0.717, 1.165) is 11.3 Å². The molecule has 1 aliphatic rings. The van der Waals surface area contributed by atoms with Crippen LogP contribution in [0.4, 0.5) is 0 Å². The second-order valence-corrected chi connectivity index (χ2v) is 5.41. The summed E-state index contributed by atoms with van der Waals surface area (Å²) in [6.07, 6.45) is 4.41. The van der Waals surface area contributed by atoms with Crippen LogP contribution in [-0.4, -0.2) is 10.1 Å². The molecule has 1 aromatic heterocycles. The van der Waals surface area contributed by atoms with Crippen LogP contribution in [0.1, 0.15) is 56.4 Å². The molecule has 0 aliphatic heterocycles. The van der Waals surface area contributed by atoms with E-state index in [9.17, 15) is 5.11 Å². The topological polar surface area (TPSA) is 33.1 Å². The van der Waals surface area contributed by atoms with Crippen LogP contribution in [0.2, 0.25) is 0 Å². The molecule has 2 nitrogen and oxygen atoms in total. The summed E-state index contributed by atoms with van der Waals surface area (Å²) < 4.78 is 0. The van der Waals surface area contributed by atoms with Gasteiger partial charge in [-0.15, -0.1) is 0 Å². The molecule has 1 aliphatic carbocycles. The lowest BCUT2D eigenvalue weighted by Gasteiger charge is -2.22. The lowest BCUT2D eigenvalue weighted by Crippen LogP contribution is -2.18. The van der Waals surface area contributed by atoms with Gasteiger partial charge in [-0.25, -0.2) is 0 Å². The summed E-state index contributed by atoms with van der Waals surface area (Å²) in [6, 6.07) is 2.07. The molecule has 0 unspecified atom stereocenters. The number of hydrogen-bond acceptors (Lipinski definition) is 2. The van der Waals surface area contributed by atoms with Gasteiger partial charge < -0.3 is 5.11 Å². The minimum Gasteiger partial charge on any atom is -0.392 e. The average molecular weight is 205 g/mol. The van der Waals surface area contributed by atoms with Crippen molar-refractivity contribution < 1.29 is 5.11 Å². The predicted molar refractivity (Wildman–Crippen MR) is 60.8 cm³/mol. The SMILES string of the molecule is CC(C)(C)c1nccc(C2CC2)c1CO. The summed E-state index contributed by atoms with van der Waals surface area (Å²) in [5, 5.41) is 9.50. The van der Waals surface area contributed by atoms with Gasteiger partial charge in [0, 0.05) is 17.2 Å². The minimum atomic E-state index is 0.0168. The molecule has 0 saturated heterocycles. The minimum absolute atomic E-state index is 0.0168. The maximum atomic E-state index is 9.50. The van der Waals surface area contributed by atoms with Crippen LogP contribution in [0.5, 0.6) is 0 Å². The van der Waals surface area contributed by atoms with Crippen molar-refractivity contribution in [3.8, 4) is 0 Å². The number of nitrogens with zero attached hydrogens (tertiary/aromatic N) is 1. The molecular weight excluding hydrogens is 186 g/mol. The highest BCUT2D eigenvalue weighted by Crippen LogP contribution is 2.43. The highest BCUT2D eigenvalue weighted by atomic mass is 16.3. The first-order chi connectivity index (χ1) is 7.04. The van der Waals surface area contributed by atoms with E-state index in [4.69, 9.17) is 0 Å². The highest BCUT2D eigenvalue weighted by Gasteiger charge is 2.29. The molecule has 0 radical (unpaired) electrons. The van der Waals surface area contributed by atoms with Crippen LogP contribution in [0.25, 0.3) is 0 Å². The predicted octanol–water partition coefficient (Wildman–Crippen LogP) is 2.75. The van der Waals surface area contributed by atoms with Crippen LogP contribution in [0.3, 0.4) is 0 Å². The van der Waals surface area contributed by atoms with Crippen molar-refractivity contribution in [2.75, 3.05) is 0 Å². The Hall–Kier alpha value is -0.890. The van der Waals surface area contributed by atoms with Crippen molar-refractivity contribution in [1.29, 1.82) is 0 Å². The van der Waals surface area contributed by atoms with Gasteiger partial charge in [0.1, 0.15) is 0 Å². The molecule has 1 saturated carbocycles. The van der Waals surface area contributed by atoms with Gasteiger partial charge in [-0.05, 0) is 30.4 Å². The Kier molecular flexibility index (Phi) is 2.55. The molecule has 1 aromatic rings. The number of pyridine rings is 1. The molecule has 15 heavy (non-hydrogen) atoms. The second kappa shape index (κ2) is 3.60. The normalized spacial score (nSPS) is 16.8. The largest absolute Gasteiger partial charge is 0.392 e. The fourth-order valence-corrected chi connectivity index (χ4v) is 2.10. The van der Waals surface area contributed by atoms with Crippen LogP contribution in [0, 0.1) is 0 Å². The number of rotatable bonds is 2. The summed E-state index contributed by atoms with van der Waals surface area (Å²) in [7, 11) is 0. The lowest BCUT2D eigenvalue weighted by atomic mass is 9.86. The van der Waals surface area contributed by atoms with Gasteiger partial charge in [-0.1, -0.05) is 20.8 Å². The molecule has 0 bridgehead atoms.